The first kappa shape index (κ1) is 21.2. The Labute approximate surface area is 159 Å². The molecule has 1 aliphatic rings. The summed E-state index contributed by atoms with van der Waals surface area (Å²) in [5.41, 5.74) is 0. The first-order valence-corrected chi connectivity index (χ1v) is 8.70. The fourth-order valence-corrected chi connectivity index (χ4v) is 2.88. The van der Waals surface area contributed by atoms with Gasteiger partial charge in [-0.15, -0.1) is 0 Å². The number of rotatable bonds is 8. The molecule has 1 saturated heterocycles. The van der Waals surface area contributed by atoms with Gasteiger partial charge in [-0.3, -0.25) is 34.0 Å². The summed E-state index contributed by atoms with van der Waals surface area (Å²) in [6.07, 6.45) is -0.769. The molecule has 27 heavy (non-hydrogen) atoms. The molecule has 11 nitrogen and oxygen atoms in total. The molecule has 1 aliphatic heterocycles. The number of hydrogen-bond acceptors (Lipinski definition) is 8. The Bertz CT molecular complexity index is 451. The molecule has 0 spiro atoms. The summed E-state index contributed by atoms with van der Waals surface area (Å²) >= 11 is 0. The number of carbonyl (C=O) groups is 4. The van der Waals surface area contributed by atoms with Crippen molar-refractivity contribution in [2.45, 2.75) is 0 Å². The van der Waals surface area contributed by atoms with Crippen molar-refractivity contribution < 1.29 is 35.9 Å². The van der Waals surface area contributed by atoms with Gasteiger partial charge in [-0.2, -0.15) is 0 Å². The topological polar surface area (TPSA) is 142 Å². The van der Waals surface area contributed by atoms with E-state index in [4.69, 9.17) is 16.7 Å². The monoisotopic (exact) mass is 389 g/mol. The van der Waals surface area contributed by atoms with Gasteiger partial charge in [0.05, 0.1) is 26.2 Å². The Morgan fingerprint density at radius 1 is 0.667 bits per heavy atom. The van der Waals surface area contributed by atoms with Crippen LogP contribution >= 0.6 is 0 Å². The second-order valence-corrected chi connectivity index (χ2v) is 6.43. The number of aliphatic carboxylic acids is 3. The van der Waals surface area contributed by atoms with E-state index in [1.165, 1.54) is 0 Å². The lowest BCUT2D eigenvalue weighted by atomic mass is 10.3. The summed E-state index contributed by atoms with van der Waals surface area (Å²) in [5.74, 6) is -3.03. The van der Waals surface area contributed by atoms with Crippen LogP contribution in [0.4, 0.5) is 0 Å². The van der Waals surface area contributed by atoms with Gasteiger partial charge in [0, 0.05) is 52.4 Å². The van der Waals surface area contributed by atoms with Crippen molar-refractivity contribution >= 4 is 24.2 Å². The highest BCUT2D eigenvalue weighted by molar-refractivity contribution is 5.69. The lowest BCUT2D eigenvalue weighted by molar-refractivity contribution is -0.140. The van der Waals surface area contributed by atoms with Crippen molar-refractivity contribution in [1.82, 2.24) is 19.6 Å². The minimum atomic E-state index is -1.01. The molecule has 0 saturated carbocycles. The number of aldehydes is 1. The highest BCUT2D eigenvalue weighted by Gasteiger charge is 2.19. The predicted molar refractivity (Wildman–Crippen MR) is 94.7 cm³/mol. The zero-order valence-electron chi connectivity index (χ0n) is 16.2. The molecular formula is C16H28N4O7. The van der Waals surface area contributed by atoms with E-state index in [2.05, 4.69) is 0 Å². The summed E-state index contributed by atoms with van der Waals surface area (Å²) in [5, 5.41) is 27.3. The third-order valence-corrected chi connectivity index (χ3v) is 4.29. The van der Waals surface area contributed by atoms with E-state index in [0.717, 1.165) is 0 Å². The number of carboxylic acid groups (broad SMARTS) is 3. The molecule has 1 heterocycles. The Balaban J connectivity index is 2.90. The highest BCUT2D eigenvalue weighted by Crippen LogP contribution is 2.01. The number of carbonyl (C=O) groups excluding carboxylic acids is 1. The largest absolute Gasteiger partial charge is 0.480 e. The highest BCUT2D eigenvalue weighted by atomic mass is 16.4. The summed E-state index contributed by atoms with van der Waals surface area (Å²) in [6.45, 7) is 1.87. The predicted octanol–water partition coefficient (Wildman–Crippen LogP) is -2.34. The van der Waals surface area contributed by atoms with Crippen LogP contribution in [-0.4, -0.2) is 138 Å². The van der Waals surface area contributed by atoms with Crippen molar-refractivity contribution in [2.75, 3.05) is 78.5 Å². The van der Waals surface area contributed by atoms with Gasteiger partial charge in [-0.05, 0) is 0 Å². The third-order valence-electron chi connectivity index (χ3n) is 4.29. The first-order chi connectivity index (χ1) is 13.2. The van der Waals surface area contributed by atoms with Gasteiger partial charge >= 0.3 is 17.9 Å². The molecule has 0 aromatic carbocycles. The van der Waals surface area contributed by atoms with E-state index in [-0.39, 0.29) is 26.2 Å². The molecule has 1 rings (SSSR count). The second-order valence-electron chi connectivity index (χ2n) is 6.43. The molecule has 0 bridgehead atoms. The summed E-state index contributed by atoms with van der Waals surface area (Å²) in [7, 11) is 0. The quantitative estimate of drug-likeness (QED) is 0.384. The van der Waals surface area contributed by atoms with Crippen LogP contribution in [0, 0.1) is 0 Å². The van der Waals surface area contributed by atoms with Crippen molar-refractivity contribution in [3.05, 3.63) is 0 Å². The van der Waals surface area contributed by atoms with Crippen molar-refractivity contribution in [3.8, 4) is 0 Å². The van der Waals surface area contributed by atoms with Crippen LogP contribution in [0.5, 0.6) is 0 Å². The van der Waals surface area contributed by atoms with Crippen molar-refractivity contribution in [1.29, 1.82) is 0 Å². The zero-order chi connectivity index (χ0) is 21.1. The molecule has 0 atom stereocenters. The van der Waals surface area contributed by atoms with Crippen LogP contribution in [0.1, 0.15) is 1.37 Å². The molecule has 0 radical (unpaired) electrons. The Morgan fingerprint density at radius 3 is 1.15 bits per heavy atom. The van der Waals surface area contributed by atoms with E-state index in [1.54, 1.807) is 19.6 Å². The van der Waals surface area contributed by atoms with Crippen LogP contribution in [0.3, 0.4) is 0 Å². The average Bonchev–Trinajstić information content (AvgIpc) is 2.55. The second kappa shape index (κ2) is 12.3. The number of hydrogen-bond donors (Lipinski definition) is 3. The van der Waals surface area contributed by atoms with Crippen molar-refractivity contribution in [2.24, 2.45) is 0 Å². The van der Waals surface area contributed by atoms with Gasteiger partial charge in [0.25, 0.3) is 0 Å². The smallest absolute Gasteiger partial charge is 0.317 e. The molecule has 154 valence electrons. The van der Waals surface area contributed by atoms with E-state index in [0.29, 0.717) is 52.4 Å². The maximum atomic E-state index is 11.2. The van der Waals surface area contributed by atoms with Crippen LogP contribution in [-0.2, 0) is 19.2 Å². The summed E-state index contributed by atoms with van der Waals surface area (Å²) < 4.78 is 7.18. The lowest BCUT2D eigenvalue weighted by Crippen LogP contribution is -2.48. The van der Waals surface area contributed by atoms with E-state index >= 15 is 0 Å². The Hall–Kier alpha value is -2.08. The van der Waals surface area contributed by atoms with Gasteiger partial charge in [0.15, 0.2) is 0 Å². The molecule has 0 amide bonds. The molecule has 11 heteroatoms. The molecule has 0 aliphatic carbocycles. The number of carboxylic acids is 3. The van der Waals surface area contributed by atoms with E-state index in [9.17, 15) is 19.2 Å². The Morgan fingerprint density at radius 2 is 0.926 bits per heavy atom. The maximum Gasteiger partial charge on any atom is 0.317 e. The maximum absolute atomic E-state index is 11.2. The van der Waals surface area contributed by atoms with Gasteiger partial charge in [-0.1, -0.05) is 0 Å². The van der Waals surface area contributed by atoms with Crippen LogP contribution in [0.25, 0.3) is 0 Å². The minimum absolute atomic E-state index is 0.118. The van der Waals surface area contributed by atoms with Gasteiger partial charge in [0.2, 0.25) is 0 Å². The number of nitrogens with zero attached hydrogens (tertiary/aromatic N) is 4. The molecular weight excluding hydrogens is 360 g/mol. The zero-order valence-corrected chi connectivity index (χ0v) is 15.2. The van der Waals surface area contributed by atoms with Gasteiger partial charge < -0.3 is 20.1 Å². The fraction of sp³-hybridized carbons (Fsp3) is 0.750. The normalized spacial score (nSPS) is 20.2. The van der Waals surface area contributed by atoms with E-state index in [1.807, 2.05) is 0 Å². The Kier molecular flexibility index (Phi) is 9.69. The summed E-state index contributed by atoms with van der Waals surface area (Å²) in [4.78, 5) is 51.2. The molecule has 1 fully saturated rings. The summed E-state index contributed by atoms with van der Waals surface area (Å²) in [6, 6.07) is 0. The standard InChI is InChI=1S/C16H28N4O7/c21-10-9-17-1-3-18(11-14(22)23)5-7-20(13-16(26)27)8-6-19(4-2-17)12-15(24)25/h10H,1-9,11-13H2,(H,22,23)(H,24,25)(H,26,27)/i10D. The molecule has 0 aromatic rings. The average molecular weight is 389 g/mol. The minimum Gasteiger partial charge on any atom is -0.480 e. The third kappa shape index (κ3) is 10.6. The molecule has 3 N–H and O–H groups in total. The first-order valence-electron chi connectivity index (χ1n) is 9.20. The van der Waals surface area contributed by atoms with Crippen LogP contribution in [0.15, 0.2) is 0 Å². The van der Waals surface area contributed by atoms with E-state index < -0.39 is 24.2 Å². The SMILES string of the molecule is [2H]C(=O)CN1CCN(CC(=O)O)CCN(CC(=O)O)CCN(CC(=O)O)CC1. The lowest BCUT2D eigenvalue weighted by Gasteiger charge is -2.32. The molecule has 0 aromatic heterocycles. The fourth-order valence-electron chi connectivity index (χ4n) is 2.88. The molecule has 0 unspecified atom stereocenters. The van der Waals surface area contributed by atoms with Crippen LogP contribution < -0.4 is 0 Å². The van der Waals surface area contributed by atoms with Gasteiger partial charge in [-0.25, -0.2) is 0 Å². The van der Waals surface area contributed by atoms with Crippen molar-refractivity contribution in [3.63, 3.8) is 0 Å². The van der Waals surface area contributed by atoms with Gasteiger partial charge in [0.1, 0.15) is 7.63 Å². The van der Waals surface area contributed by atoms with Crippen LogP contribution in [0.2, 0.25) is 0 Å².